The number of hydrogen-bond donors (Lipinski definition) is 1. The van der Waals surface area contributed by atoms with Crippen LogP contribution in [0.4, 0.5) is 10.1 Å². The highest BCUT2D eigenvalue weighted by Crippen LogP contribution is 2.22. The Bertz CT molecular complexity index is 459. The summed E-state index contributed by atoms with van der Waals surface area (Å²) in [5.74, 6) is -2.03. The zero-order valence-corrected chi connectivity index (χ0v) is 8.31. The molecule has 0 spiro atoms. The summed E-state index contributed by atoms with van der Waals surface area (Å²) in [6.07, 6.45) is 1.84. The Kier molecular flexibility index (Phi) is 3.34. The van der Waals surface area contributed by atoms with E-state index < -0.39 is 16.7 Å². The number of aliphatic carboxylic acids is 1. The van der Waals surface area contributed by atoms with Gasteiger partial charge in [0.15, 0.2) is 0 Å². The molecule has 84 valence electrons. The molecule has 0 aliphatic heterocycles. The van der Waals surface area contributed by atoms with E-state index in [1.54, 1.807) is 0 Å². The number of non-ortho nitro benzene ring substituents is 1. The van der Waals surface area contributed by atoms with E-state index in [-0.39, 0.29) is 11.3 Å². The molecule has 0 aromatic heterocycles. The zero-order valence-electron chi connectivity index (χ0n) is 8.31. The molecular formula is C10H8FNO4. The summed E-state index contributed by atoms with van der Waals surface area (Å²) in [6.45, 7) is 1.47. The number of nitro benzene ring substituents is 1. The number of hydrogen-bond acceptors (Lipinski definition) is 3. The minimum Gasteiger partial charge on any atom is -0.478 e. The average Bonchev–Trinajstić information content (AvgIpc) is 2.15. The van der Waals surface area contributed by atoms with E-state index in [0.717, 1.165) is 18.2 Å². The van der Waals surface area contributed by atoms with Crippen molar-refractivity contribution in [1.29, 1.82) is 0 Å². The van der Waals surface area contributed by atoms with E-state index >= 15 is 0 Å². The summed E-state index contributed by atoms with van der Waals surface area (Å²) >= 11 is 0. The molecule has 1 N–H and O–H groups in total. The van der Waals surface area contributed by atoms with E-state index in [1.165, 1.54) is 13.0 Å². The van der Waals surface area contributed by atoms with Crippen LogP contribution in [0.2, 0.25) is 0 Å². The number of carboxylic acids is 1. The number of halogens is 1. The Hall–Kier alpha value is -2.24. The third-order valence-corrected chi connectivity index (χ3v) is 1.92. The fraction of sp³-hybridized carbons (Fsp3) is 0.100. The molecule has 0 amide bonds. The highest BCUT2D eigenvalue weighted by atomic mass is 19.1. The summed E-state index contributed by atoms with van der Waals surface area (Å²) in [4.78, 5) is 20.0. The maximum Gasteiger partial charge on any atom is 0.328 e. The Labute approximate surface area is 90.0 Å². The van der Waals surface area contributed by atoms with Gasteiger partial charge in [-0.25, -0.2) is 9.18 Å². The Morgan fingerprint density at radius 1 is 1.56 bits per heavy atom. The van der Waals surface area contributed by atoms with Crippen LogP contribution < -0.4 is 0 Å². The monoisotopic (exact) mass is 225 g/mol. The van der Waals surface area contributed by atoms with Crippen LogP contribution in [0.25, 0.3) is 6.08 Å². The first-order valence-corrected chi connectivity index (χ1v) is 4.27. The van der Waals surface area contributed by atoms with Gasteiger partial charge in [0.05, 0.1) is 11.0 Å². The molecule has 6 heteroatoms. The molecule has 0 aliphatic rings. The smallest absolute Gasteiger partial charge is 0.328 e. The van der Waals surface area contributed by atoms with Crippen molar-refractivity contribution in [3.8, 4) is 0 Å². The molecule has 1 rings (SSSR count). The van der Waals surface area contributed by atoms with Crippen LogP contribution in [-0.2, 0) is 4.79 Å². The van der Waals surface area contributed by atoms with Gasteiger partial charge in [-0.05, 0) is 18.6 Å². The van der Waals surface area contributed by atoms with Gasteiger partial charge in [0.2, 0.25) is 0 Å². The zero-order chi connectivity index (χ0) is 12.3. The molecule has 16 heavy (non-hydrogen) atoms. The second kappa shape index (κ2) is 4.52. The first kappa shape index (κ1) is 11.8. The number of nitro groups is 1. The lowest BCUT2D eigenvalue weighted by Crippen LogP contribution is -1.95. The number of aryl methyl sites for hydroxylation is 1. The second-order valence-electron chi connectivity index (χ2n) is 3.09. The van der Waals surface area contributed by atoms with Crippen molar-refractivity contribution in [3.05, 3.63) is 45.3 Å². The predicted molar refractivity (Wildman–Crippen MR) is 54.5 cm³/mol. The van der Waals surface area contributed by atoms with Crippen molar-refractivity contribution in [2.24, 2.45) is 0 Å². The highest BCUT2D eigenvalue weighted by molar-refractivity contribution is 5.85. The van der Waals surface area contributed by atoms with Crippen molar-refractivity contribution < 1.29 is 19.2 Å². The summed E-state index contributed by atoms with van der Waals surface area (Å²) in [5.41, 5.74) is -0.0142. The topological polar surface area (TPSA) is 80.4 Å². The summed E-state index contributed by atoms with van der Waals surface area (Å²) < 4.78 is 13.4. The van der Waals surface area contributed by atoms with E-state index in [9.17, 15) is 19.3 Å². The van der Waals surface area contributed by atoms with Crippen molar-refractivity contribution in [3.63, 3.8) is 0 Å². The molecule has 0 saturated carbocycles. The van der Waals surface area contributed by atoms with E-state index in [4.69, 9.17) is 5.11 Å². The molecule has 0 fully saturated rings. The summed E-state index contributed by atoms with van der Waals surface area (Å²) in [5, 5.41) is 18.8. The maximum atomic E-state index is 13.4. The molecule has 0 unspecified atom stereocenters. The fourth-order valence-corrected chi connectivity index (χ4v) is 1.21. The number of benzene rings is 1. The minimum absolute atomic E-state index is 0.0352. The van der Waals surface area contributed by atoms with Crippen LogP contribution in [0, 0.1) is 22.9 Å². The Balaban J connectivity index is 3.22. The number of nitrogens with zero attached hydrogens (tertiary/aromatic N) is 1. The van der Waals surface area contributed by atoms with Crippen LogP contribution in [0.1, 0.15) is 11.1 Å². The normalized spacial score (nSPS) is 10.6. The molecule has 0 aliphatic carbocycles. The molecule has 0 bridgehead atoms. The van der Waals surface area contributed by atoms with Gasteiger partial charge in [-0.15, -0.1) is 0 Å². The van der Waals surface area contributed by atoms with Gasteiger partial charge in [0.25, 0.3) is 5.69 Å². The second-order valence-corrected chi connectivity index (χ2v) is 3.09. The largest absolute Gasteiger partial charge is 0.478 e. The lowest BCUT2D eigenvalue weighted by Gasteiger charge is -2.01. The van der Waals surface area contributed by atoms with E-state index in [2.05, 4.69) is 0 Å². The third-order valence-electron chi connectivity index (χ3n) is 1.92. The molecule has 0 radical (unpaired) electrons. The fourth-order valence-electron chi connectivity index (χ4n) is 1.21. The molecule has 1 aromatic rings. The molecule has 0 heterocycles. The van der Waals surface area contributed by atoms with Gasteiger partial charge in [0, 0.05) is 17.7 Å². The molecule has 0 atom stereocenters. The summed E-state index contributed by atoms with van der Waals surface area (Å²) in [6, 6.07) is 1.94. The maximum absolute atomic E-state index is 13.4. The van der Waals surface area contributed by atoms with Crippen LogP contribution in [0.15, 0.2) is 18.2 Å². The SMILES string of the molecule is Cc1cc([N+](=O)[O-])cc(F)c1/C=C/C(=O)O. The van der Waals surface area contributed by atoms with Gasteiger partial charge >= 0.3 is 5.97 Å². The van der Waals surface area contributed by atoms with Crippen molar-refractivity contribution in [2.75, 3.05) is 0 Å². The lowest BCUT2D eigenvalue weighted by molar-refractivity contribution is -0.385. The first-order valence-electron chi connectivity index (χ1n) is 4.27. The quantitative estimate of drug-likeness (QED) is 0.485. The number of rotatable bonds is 3. The van der Waals surface area contributed by atoms with Crippen LogP contribution >= 0.6 is 0 Å². The van der Waals surface area contributed by atoms with Crippen LogP contribution in [0.3, 0.4) is 0 Å². The van der Waals surface area contributed by atoms with Gasteiger partial charge < -0.3 is 5.11 Å². The highest BCUT2D eigenvalue weighted by Gasteiger charge is 2.12. The summed E-state index contributed by atoms with van der Waals surface area (Å²) in [7, 11) is 0. The molecule has 0 saturated heterocycles. The van der Waals surface area contributed by atoms with Crippen molar-refractivity contribution in [2.45, 2.75) is 6.92 Å². The molecular weight excluding hydrogens is 217 g/mol. The van der Waals surface area contributed by atoms with Gasteiger partial charge in [0.1, 0.15) is 5.82 Å². The number of carbonyl (C=O) groups is 1. The van der Waals surface area contributed by atoms with Gasteiger partial charge in [-0.3, -0.25) is 10.1 Å². The number of carboxylic acid groups (broad SMARTS) is 1. The molecule has 1 aromatic carbocycles. The Morgan fingerprint density at radius 2 is 2.19 bits per heavy atom. The minimum atomic E-state index is -1.21. The van der Waals surface area contributed by atoms with E-state index in [0.29, 0.717) is 5.56 Å². The van der Waals surface area contributed by atoms with E-state index in [1.807, 2.05) is 0 Å². The first-order chi connectivity index (χ1) is 7.41. The van der Waals surface area contributed by atoms with Gasteiger partial charge in [-0.1, -0.05) is 0 Å². The van der Waals surface area contributed by atoms with Gasteiger partial charge in [-0.2, -0.15) is 0 Å². The lowest BCUT2D eigenvalue weighted by atomic mass is 10.1. The predicted octanol–water partition coefficient (Wildman–Crippen LogP) is 2.14. The average molecular weight is 225 g/mol. The third kappa shape index (κ3) is 2.63. The van der Waals surface area contributed by atoms with Crippen LogP contribution in [0.5, 0.6) is 0 Å². The molecule has 5 nitrogen and oxygen atoms in total. The van der Waals surface area contributed by atoms with Crippen molar-refractivity contribution in [1.82, 2.24) is 0 Å². The Morgan fingerprint density at radius 3 is 2.62 bits per heavy atom. The standard InChI is InChI=1S/C10H8FNO4/c1-6-4-7(12(15)16)5-9(11)8(6)2-3-10(13)14/h2-5H,1H3,(H,13,14)/b3-2+. The van der Waals surface area contributed by atoms with Crippen molar-refractivity contribution >= 4 is 17.7 Å². The van der Waals surface area contributed by atoms with Crippen LogP contribution in [-0.4, -0.2) is 16.0 Å².